The summed E-state index contributed by atoms with van der Waals surface area (Å²) in [5.41, 5.74) is 9.79. The van der Waals surface area contributed by atoms with E-state index in [9.17, 15) is 0 Å². The monoisotopic (exact) mass is 809 g/mol. The van der Waals surface area contributed by atoms with Crippen molar-refractivity contribution < 1.29 is 0 Å². The zero-order chi connectivity index (χ0) is 41.3. The van der Waals surface area contributed by atoms with Gasteiger partial charge in [-0.1, -0.05) is 196 Å². The van der Waals surface area contributed by atoms with Crippen molar-refractivity contribution in [3.8, 4) is 39.5 Å². The van der Waals surface area contributed by atoms with E-state index < -0.39 is 0 Å². The van der Waals surface area contributed by atoms with E-state index in [1.807, 2.05) is 25.2 Å². The van der Waals surface area contributed by atoms with Gasteiger partial charge in [0.15, 0.2) is 0 Å². The van der Waals surface area contributed by atoms with Gasteiger partial charge in [0.05, 0.1) is 22.2 Å². The Morgan fingerprint density at radius 1 is 0.371 bits per heavy atom. The summed E-state index contributed by atoms with van der Waals surface area (Å²) in [5.74, 6) is 0.653. The van der Waals surface area contributed by atoms with Crippen LogP contribution in [0.25, 0.3) is 125 Å². The first-order chi connectivity index (χ1) is 30.7. The average Bonchev–Trinajstić information content (AvgIpc) is 3.90. The standard InChI is InChI=1S/C56H33N3S.C2H6/c1-4-15-40-34(11-1)14-9-19-41(40)37-23-25-38(26-24-37)53-47-18-7-8-22-49(47)57-56(58-53)59-54-43-17-6-3-13-36(43)27-30-46(54)45-21-10-20-44(55(45)59)39-28-31-48-51(33-39)60-50-32-29-35-12-2-5-16-42(35)52(48)50;1-2/h1-33H;1-2H3. The van der Waals surface area contributed by atoms with Crippen molar-refractivity contribution in [1.82, 2.24) is 14.5 Å². The van der Waals surface area contributed by atoms with E-state index in [0.717, 1.165) is 38.8 Å². The van der Waals surface area contributed by atoms with Crippen LogP contribution in [-0.4, -0.2) is 14.5 Å². The molecular formula is C58H39N3S. The van der Waals surface area contributed by atoms with Gasteiger partial charge in [0.1, 0.15) is 0 Å². The predicted octanol–water partition coefficient (Wildman–Crippen LogP) is 16.6. The first-order valence-electron chi connectivity index (χ1n) is 21.4. The predicted molar refractivity (Wildman–Crippen MR) is 267 cm³/mol. The van der Waals surface area contributed by atoms with Gasteiger partial charge in [-0.2, -0.15) is 0 Å². The summed E-state index contributed by atoms with van der Waals surface area (Å²) in [4.78, 5) is 11.0. The number of hydrogen-bond donors (Lipinski definition) is 0. The molecule has 62 heavy (non-hydrogen) atoms. The van der Waals surface area contributed by atoms with E-state index in [-0.39, 0.29) is 0 Å². The highest BCUT2D eigenvalue weighted by molar-refractivity contribution is 7.26. The van der Waals surface area contributed by atoms with Gasteiger partial charge in [-0.3, -0.25) is 4.57 Å². The molecule has 292 valence electrons. The smallest absolute Gasteiger partial charge is 0.235 e. The van der Waals surface area contributed by atoms with Gasteiger partial charge >= 0.3 is 0 Å². The Hall–Kier alpha value is -7.66. The molecule has 13 aromatic rings. The zero-order valence-electron chi connectivity index (χ0n) is 34.3. The Morgan fingerprint density at radius 3 is 1.76 bits per heavy atom. The van der Waals surface area contributed by atoms with Gasteiger partial charge in [0, 0.05) is 52.8 Å². The zero-order valence-corrected chi connectivity index (χ0v) is 35.1. The molecule has 0 aliphatic rings. The molecule has 0 fully saturated rings. The maximum atomic E-state index is 5.57. The van der Waals surface area contributed by atoms with Crippen molar-refractivity contribution in [2.75, 3.05) is 0 Å². The number of para-hydroxylation sites is 2. The molecule has 0 amide bonds. The largest absolute Gasteiger partial charge is 0.277 e. The topological polar surface area (TPSA) is 30.7 Å². The third-order valence-corrected chi connectivity index (χ3v) is 13.5. The van der Waals surface area contributed by atoms with Crippen LogP contribution in [0.2, 0.25) is 0 Å². The second-order valence-electron chi connectivity index (χ2n) is 15.7. The van der Waals surface area contributed by atoms with Crippen molar-refractivity contribution in [3.63, 3.8) is 0 Å². The molecule has 3 heterocycles. The lowest BCUT2D eigenvalue weighted by Crippen LogP contribution is -2.04. The number of thiophene rings is 1. The molecule has 0 unspecified atom stereocenters. The highest BCUT2D eigenvalue weighted by Gasteiger charge is 2.22. The van der Waals surface area contributed by atoms with E-state index >= 15 is 0 Å². The fraction of sp³-hybridized carbons (Fsp3) is 0.0345. The fourth-order valence-electron chi connectivity index (χ4n) is 9.64. The molecule has 0 saturated heterocycles. The van der Waals surface area contributed by atoms with Crippen molar-refractivity contribution in [1.29, 1.82) is 0 Å². The van der Waals surface area contributed by atoms with E-state index in [0.29, 0.717) is 5.95 Å². The highest BCUT2D eigenvalue weighted by Crippen LogP contribution is 2.44. The van der Waals surface area contributed by atoms with Gasteiger partial charge in [0.25, 0.3) is 0 Å². The third-order valence-electron chi connectivity index (χ3n) is 12.4. The lowest BCUT2D eigenvalue weighted by atomic mass is 9.96. The van der Waals surface area contributed by atoms with Gasteiger partial charge < -0.3 is 0 Å². The van der Waals surface area contributed by atoms with Gasteiger partial charge in [-0.05, 0) is 61.8 Å². The molecule has 0 spiro atoms. The SMILES string of the molecule is CC.c1ccc2c(-c3ccc(-c4nc(-n5c6c(-c7ccc8c(c7)sc7ccc9ccccc9c78)cccc6c6ccc7ccccc7c65)nc5ccccc45)cc3)cccc2c1. The second-order valence-corrected chi connectivity index (χ2v) is 16.8. The summed E-state index contributed by atoms with van der Waals surface area (Å²) in [6.07, 6.45) is 0. The lowest BCUT2D eigenvalue weighted by Gasteiger charge is -2.15. The molecule has 0 aliphatic heterocycles. The minimum Gasteiger partial charge on any atom is -0.277 e. The quantitative estimate of drug-likeness (QED) is 0.177. The van der Waals surface area contributed by atoms with Crippen LogP contribution in [0.3, 0.4) is 0 Å². The normalized spacial score (nSPS) is 11.7. The number of nitrogens with zero attached hydrogens (tertiary/aromatic N) is 3. The summed E-state index contributed by atoms with van der Waals surface area (Å²) >= 11 is 1.87. The fourth-order valence-corrected chi connectivity index (χ4v) is 10.8. The van der Waals surface area contributed by atoms with E-state index in [1.165, 1.54) is 80.0 Å². The van der Waals surface area contributed by atoms with Crippen molar-refractivity contribution in [2.45, 2.75) is 13.8 Å². The number of fused-ring (bicyclic) bond motifs is 12. The number of benzene rings is 10. The Morgan fingerprint density at radius 2 is 0.935 bits per heavy atom. The Balaban J connectivity index is 0.00000202. The molecule has 0 N–H and O–H groups in total. The molecule has 13 rings (SSSR count). The van der Waals surface area contributed by atoms with Crippen LogP contribution in [-0.2, 0) is 0 Å². The Labute approximate surface area is 362 Å². The number of hydrogen-bond acceptors (Lipinski definition) is 3. The average molecular weight is 810 g/mol. The third kappa shape index (κ3) is 5.57. The summed E-state index contributed by atoms with van der Waals surface area (Å²) in [6.45, 7) is 4.00. The van der Waals surface area contributed by atoms with Crippen molar-refractivity contribution in [2.24, 2.45) is 0 Å². The minimum atomic E-state index is 0.653. The maximum absolute atomic E-state index is 5.57. The summed E-state index contributed by atoms with van der Waals surface area (Å²) in [7, 11) is 0. The molecule has 0 radical (unpaired) electrons. The van der Waals surface area contributed by atoms with Gasteiger partial charge in [-0.25, -0.2) is 9.97 Å². The Kier molecular flexibility index (Phi) is 8.48. The van der Waals surface area contributed by atoms with Crippen molar-refractivity contribution >= 4 is 96.5 Å². The molecule has 0 atom stereocenters. The summed E-state index contributed by atoms with van der Waals surface area (Å²) < 4.78 is 4.92. The van der Waals surface area contributed by atoms with Crippen LogP contribution in [0.15, 0.2) is 200 Å². The maximum Gasteiger partial charge on any atom is 0.235 e. The molecule has 4 heteroatoms. The molecular weight excluding hydrogens is 771 g/mol. The van der Waals surface area contributed by atoms with Gasteiger partial charge in [0.2, 0.25) is 5.95 Å². The highest BCUT2D eigenvalue weighted by atomic mass is 32.1. The molecule has 3 aromatic heterocycles. The summed E-state index contributed by atoms with van der Waals surface area (Å²) in [6, 6.07) is 72.6. The van der Waals surface area contributed by atoms with E-state index in [1.54, 1.807) is 0 Å². The van der Waals surface area contributed by atoms with Crippen LogP contribution in [0.5, 0.6) is 0 Å². The molecule has 3 nitrogen and oxygen atoms in total. The minimum absolute atomic E-state index is 0.653. The number of rotatable bonds is 4. The van der Waals surface area contributed by atoms with Crippen LogP contribution in [0, 0.1) is 0 Å². The van der Waals surface area contributed by atoms with E-state index in [2.05, 4.69) is 205 Å². The molecule has 0 aliphatic carbocycles. The molecule has 0 bridgehead atoms. The van der Waals surface area contributed by atoms with Crippen LogP contribution < -0.4 is 0 Å². The first-order valence-corrected chi connectivity index (χ1v) is 22.2. The molecule has 10 aromatic carbocycles. The lowest BCUT2D eigenvalue weighted by molar-refractivity contribution is 1.02. The van der Waals surface area contributed by atoms with E-state index in [4.69, 9.17) is 9.97 Å². The molecule has 0 saturated carbocycles. The van der Waals surface area contributed by atoms with Crippen molar-refractivity contribution in [3.05, 3.63) is 200 Å². The number of aromatic nitrogens is 3. The first kappa shape index (κ1) is 36.2. The summed E-state index contributed by atoms with van der Waals surface area (Å²) in [5, 5.41) is 13.4. The van der Waals surface area contributed by atoms with Crippen LogP contribution in [0.4, 0.5) is 0 Å². The second kappa shape index (κ2) is 14.5. The Bertz CT molecular complexity index is 3890. The van der Waals surface area contributed by atoms with Gasteiger partial charge in [-0.15, -0.1) is 11.3 Å². The van der Waals surface area contributed by atoms with Crippen LogP contribution >= 0.6 is 11.3 Å². The van der Waals surface area contributed by atoms with Crippen LogP contribution in [0.1, 0.15) is 13.8 Å².